The maximum absolute atomic E-state index is 12.6. The lowest BCUT2D eigenvalue weighted by atomic mass is 9.82. The average Bonchev–Trinajstić information content (AvgIpc) is 2.32. The summed E-state index contributed by atoms with van der Waals surface area (Å²) in [6, 6.07) is 5.81. The number of anilines is 1. The van der Waals surface area contributed by atoms with Crippen LogP contribution in [0, 0.1) is 5.41 Å². The minimum Gasteiger partial charge on any atom is -0.377 e. The largest absolute Gasteiger partial charge is 0.377 e. The van der Waals surface area contributed by atoms with E-state index in [1.54, 1.807) is 0 Å². The first-order valence-electron chi connectivity index (χ1n) is 7.49. The topological polar surface area (TPSA) is 32.3 Å². The van der Waals surface area contributed by atoms with Crippen LogP contribution in [0.2, 0.25) is 5.02 Å². The number of halogens is 1. The van der Waals surface area contributed by atoms with Gasteiger partial charge in [-0.3, -0.25) is 0 Å². The molecule has 0 aliphatic carbocycles. The molecule has 3 nitrogen and oxygen atoms in total. The molecule has 1 N–H and O–H groups in total. The molecule has 0 aliphatic heterocycles. The van der Waals surface area contributed by atoms with Crippen LogP contribution in [0.15, 0.2) is 18.2 Å². The standard InChI is InChI=1S/C17H29ClN2OS/c1-16(2,3)15(19-22(21)17(4,5)6)13-11-12(18)9-10-14(13)20(7)8/h9-11,15,19H,1-8H3/t15-,22-/m1/s1. The molecule has 1 aromatic rings. The van der Waals surface area contributed by atoms with E-state index in [4.69, 9.17) is 11.6 Å². The Morgan fingerprint density at radius 3 is 2.09 bits per heavy atom. The SMILES string of the molecule is CN(C)c1ccc(Cl)cc1[C@@H](N[S@](=O)C(C)(C)C)C(C)(C)C. The molecule has 0 heterocycles. The highest BCUT2D eigenvalue weighted by Crippen LogP contribution is 2.39. The van der Waals surface area contributed by atoms with Crippen LogP contribution in [-0.4, -0.2) is 23.1 Å². The van der Waals surface area contributed by atoms with Gasteiger partial charge in [0, 0.05) is 24.8 Å². The molecule has 0 radical (unpaired) electrons. The highest BCUT2D eigenvalue weighted by atomic mass is 35.5. The zero-order chi connectivity index (χ0) is 17.3. The summed E-state index contributed by atoms with van der Waals surface area (Å²) in [5.41, 5.74) is 2.06. The molecular formula is C17H29ClN2OS. The lowest BCUT2D eigenvalue weighted by molar-refractivity contribution is 0.307. The van der Waals surface area contributed by atoms with Crippen molar-refractivity contribution in [1.29, 1.82) is 0 Å². The Balaban J connectivity index is 3.36. The summed E-state index contributed by atoms with van der Waals surface area (Å²) in [4.78, 5) is 2.06. The van der Waals surface area contributed by atoms with Gasteiger partial charge in [-0.1, -0.05) is 32.4 Å². The van der Waals surface area contributed by atoms with Gasteiger partial charge in [-0.2, -0.15) is 0 Å². The quantitative estimate of drug-likeness (QED) is 0.869. The zero-order valence-electron chi connectivity index (χ0n) is 15.0. The third-order valence-electron chi connectivity index (χ3n) is 3.43. The van der Waals surface area contributed by atoms with E-state index in [9.17, 15) is 4.21 Å². The van der Waals surface area contributed by atoms with E-state index in [0.29, 0.717) is 5.02 Å². The average molecular weight is 345 g/mol. The Labute approximate surface area is 143 Å². The molecule has 0 saturated heterocycles. The van der Waals surface area contributed by atoms with E-state index in [-0.39, 0.29) is 16.2 Å². The van der Waals surface area contributed by atoms with E-state index in [2.05, 4.69) is 30.4 Å². The second-order valence-electron chi connectivity index (χ2n) is 7.90. The van der Waals surface area contributed by atoms with Gasteiger partial charge < -0.3 is 4.90 Å². The Kier molecular flexibility index (Phi) is 6.10. The molecule has 0 unspecified atom stereocenters. The van der Waals surface area contributed by atoms with Crippen molar-refractivity contribution in [2.24, 2.45) is 5.41 Å². The van der Waals surface area contributed by atoms with E-state index < -0.39 is 11.0 Å². The van der Waals surface area contributed by atoms with Gasteiger partial charge in [0.25, 0.3) is 0 Å². The van der Waals surface area contributed by atoms with Crippen LogP contribution in [0.3, 0.4) is 0 Å². The maximum atomic E-state index is 12.6. The molecule has 0 aliphatic rings. The summed E-state index contributed by atoms with van der Waals surface area (Å²) in [5, 5.41) is 0.693. The van der Waals surface area contributed by atoms with Crippen LogP contribution in [0.4, 0.5) is 5.69 Å². The van der Waals surface area contributed by atoms with Crippen LogP contribution in [0.1, 0.15) is 53.1 Å². The number of hydrogen-bond donors (Lipinski definition) is 1. The van der Waals surface area contributed by atoms with Crippen molar-refractivity contribution in [2.75, 3.05) is 19.0 Å². The number of rotatable bonds is 4. The Hall–Kier alpha value is -0.580. The smallest absolute Gasteiger partial charge is 0.0976 e. The molecule has 22 heavy (non-hydrogen) atoms. The van der Waals surface area contributed by atoms with E-state index in [1.807, 2.05) is 53.1 Å². The highest BCUT2D eigenvalue weighted by molar-refractivity contribution is 7.84. The number of nitrogens with zero attached hydrogens (tertiary/aromatic N) is 1. The van der Waals surface area contributed by atoms with Crippen LogP contribution in [-0.2, 0) is 11.0 Å². The van der Waals surface area contributed by atoms with Crippen molar-refractivity contribution in [3.63, 3.8) is 0 Å². The minimum absolute atomic E-state index is 0.0661. The van der Waals surface area contributed by atoms with Crippen LogP contribution >= 0.6 is 11.6 Å². The molecule has 0 aromatic heterocycles. The molecule has 0 amide bonds. The Morgan fingerprint density at radius 1 is 1.14 bits per heavy atom. The fourth-order valence-corrected chi connectivity index (χ4v) is 3.38. The minimum atomic E-state index is -1.15. The normalized spacial score (nSPS) is 15.5. The fraction of sp³-hybridized carbons (Fsp3) is 0.647. The maximum Gasteiger partial charge on any atom is 0.0976 e. The fourth-order valence-electron chi connectivity index (χ4n) is 2.15. The van der Waals surface area contributed by atoms with Crippen molar-refractivity contribution in [2.45, 2.75) is 52.3 Å². The summed E-state index contributed by atoms with van der Waals surface area (Å²) in [6.07, 6.45) is 0. The van der Waals surface area contributed by atoms with E-state index in [0.717, 1.165) is 11.3 Å². The first-order valence-corrected chi connectivity index (χ1v) is 9.01. The van der Waals surface area contributed by atoms with Crippen LogP contribution < -0.4 is 9.62 Å². The van der Waals surface area contributed by atoms with Crippen molar-refractivity contribution in [1.82, 2.24) is 4.72 Å². The van der Waals surface area contributed by atoms with Gasteiger partial charge in [0.15, 0.2) is 0 Å². The molecule has 0 bridgehead atoms. The zero-order valence-corrected chi connectivity index (χ0v) is 16.5. The number of benzene rings is 1. The van der Waals surface area contributed by atoms with Gasteiger partial charge in [0.05, 0.1) is 21.8 Å². The lowest BCUT2D eigenvalue weighted by Gasteiger charge is -2.36. The molecule has 1 rings (SSSR count). The predicted octanol–water partition coefficient (Wildman–Crippen LogP) is 4.55. The lowest BCUT2D eigenvalue weighted by Crippen LogP contribution is -2.41. The second kappa shape index (κ2) is 6.90. The summed E-state index contributed by atoms with van der Waals surface area (Å²) < 4.78 is 15.6. The third-order valence-corrected chi connectivity index (χ3v) is 5.23. The van der Waals surface area contributed by atoms with Crippen molar-refractivity contribution in [3.05, 3.63) is 28.8 Å². The van der Waals surface area contributed by atoms with Gasteiger partial charge in [-0.15, -0.1) is 0 Å². The summed E-state index contributed by atoms with van der Waals surface area (Å²) >= 11 is 6.22. The predicted molar refractivity (Wildman–Crippen MR) is 99.0 cm³/mol. The number of hydrogen-bond acceptors (Lipinski definition) is 2. The molecule has 2 atom stereocenters. The molecule has 1 aromatic carbocycles. The van der Waals surface area contributed by atoms with Gasteiger partial charge in [-0.05, 0) is 49.9 Å². The molecule has 5 heteroatoms. The highest BCUT2D eigenvalue weighted by Gasteiger charge is 2.33. The molecule has 0 fully saturated rings. The Morgan fingerprint density at radius 2 is 1.68 bits per heavy atom. The molecule has 126 valence electrons. The number of nitrogens with one attached hydrogen (secondary N) is 1. The summed E-state index contributed by atoms with van der Waals surface area (Å²) in [7, 11) is 2.86. The monoisotopic (exact) mass is 344 g/mol. The van der Waals surface area contributed by atoms with Crippen molar-refractivity contribution in [3.8, 4) is 0 Å². The van der Waals surface area contributed by atoms with Gasteiger partial charge in [0.2, 0.25) is 0 Å². The van der Waals surface area contributed by atoms with Gasteiger partial charge >= 0.3 is 0 Å². The Bertz CT molecular complexity index is 545. The molecule has 0 saturated carbocycles. The van der Waals surface area contributed by atoms with Gasteiger partial charge in [0.1, 0.15) is 0 Å². The van der Waals surface area contributed by atoms with E-state index in [1.165, 1.54) is 0 Å². The van der Waals surface area contributed by atoms with Crippen LogP contribution in [0.5, 0.6) is 0 Å². The van der Waals surface area contributed by atoms with Crippen molar-refractivity contribution < 1.29 is 4.21 Å². The summed E-state index contributed by atoms with van der Waals surface area (Å²) in [5.74, 6) is 0. The van der Waals surface area contributed by atoms with Crippen LogP contribution in [0.25, 0.3) is 0 Å². The second-order valence-corrected chi connectivity index (χ2v) is 10.3. The molecular weight excluding hydrogens is 316 g/mol. The first-order chi connectivity index (χ1) is 9.84. The van der Waals surface area contributed by atoms with Crippen molar-refractivity contribution >= 4 is 28.3 Å². The first kappa shape index (κ1) is 19.5. The third kappa shape index (κ3) is 4.97. The summed E-state index contributed by atoms with van der Waals surface area (Å²) in [6.45, 7) is 12.3. The molecule has 0 spiro atoms. The van der Waals surface area contributed by atoms with Gasteiger partial charge in [-0.25, -0.2) is 8.93 Å². The van der Waals surface area contributed by atoms with E-state index >= 15 is 0 Å².